The van der Waals surface area contributed by atoms with Crippen LogP contribution < -0.4 is 0 Å². The van der Waals surface area contributed by atoms with Crippen molar-refractivity contribution in [1.29, 1.82) is 0 Å². The molecule has 2 heteroatoms. The molecule has 0 fully saturated rings. The van der Waals surface area contributed by atoms with Gasteiger partial charge in [-0.1, -0.05) is 0 Å². The van der Waals surface area contributed by atoms with Crippen LogP contribution in [0, 0.1) is 13.8 Å². The summed E-state index contributed by atoms with van der Waals surface area (Å²) in [7, 11) is 0. The van der Waals surface area contributed by atoms with E-state index in [1.807, 2.05) is 26.0 Å². The van der Waals surface area contributed by atoms with E-state index in [0.717, 1.165) is 17.8 Å². The fraction of sp³-hybridized carbons (Fsp3) is 0.500. The van der Waals surface area contributed by atoms with Crippen LogP contribution in [0.2, 0.25) is 0 Å². The van der Waals surface area contributed by atoms with E-state index in [0.29, 0.717) is 6.42 Å². The first kappa shape index (κ1) is 9.17. The van der Waals surface area contributed by atoms with E-state index < -0.39 is 0 Å². The molecule has 0 aliphatic rings. The molecule has 0 atom stereocenters. The minimum Gasteiger partial charge on any atom is -0.258 e. The monoisotopic (exact) mass is 167 g/mol. The molecule has 0 saturated carbocycles. The number of rotatable bonds is 3. The van der Waals surface area contributed by atoms with Crippen molar-refractivity contribution in [1.82, 2.24) is 4.98 Å². The minimum atomic E-state index is -0.255. The smallest absolute Gasteiger partial charge is 0.0898 e. The first-order chi connectivity index (χ1) is 5.72. The van der Waals surface area contributed by atoms with Gasteiger partial charge >= 0.3 is 0 Å². The lowest BCUT2D eigenvalue weighted by atomic mass is 10.1. The Hall–Kier alpha value is -0.920. The Bertz CT molecular complexity index is 238. The summed E-state index contributed by atoms with van der Waals surface area (Å²) >= 11 is 0. The number of hydrogen-bond donors (Lipinski definition) is 0. The third-order valence-electron chi connectivity index (χ3n) is 1.72. The third-order valence-corrected chi connectivity index (χ3v) is 1.72. The Morgan fingerprint density at radius 3 is 2.67 bits per heavy atom. The summed E-state index contributed by atoms with van der Waals surface area (Å²) in [5.74, 6) is 0. The summed E-state index contributed by atoms with van der Waals surface area (Å²) in [5.41, 5.74) is 3.23. The van der Waals surface area contributed by atoms with Gasteiger partial charge < -0.3 is 0 Å². The molecule has 1 aromatic heterocycles. The van der Waals surface area contributed by atoms with Crippen molar-refractivity contribution in [2.75, 3.05) is 6.67 Å². The molecule has 0 saturated heterocycles. The van der Waals surface area contributed by atoms with Gasteiger partial charge in [-0.2, -0.15) is 0 Å². The summed E-state index contributed by atoms with van der Waals surface area (Å²) in [4.78, 5) is 4.30. The van der Waals surface area contributed by atoms with Crippen LogP contribution in [0.3, 0.4) is 0 Å². The Labute approximate surface area is 72.6 Å². The van der Waals surface area contributed by atoms with E-state index in [9.17, 15) is 4.39 Å². The standard InChI is InChI=1S/C10H14FN/c1-8-6-9(2)12-10(7-8)4-3-5-11/h6-7H,3-5H2,1-2H3. The topological polar surface area (TPSA) is 12.9 Å². The lowest BCUT2D eigenvalue weighted by Gasteiger charge is -2.01. The molecule has 0 radical (unpaired) electrons. The van der Waals surface area contributed by atoms with Gasteiger partial charge in [0.1, 0.15) is 0 Å². The molecule has 0 aliphatic heterocycles. The number of alkyl halides is 1. The van der Waals surface area contributed by atoms with Crippen molar-refractivity contribution in [3.05, 3.63) is 29.1 Å². The number of nitrogens with zero attached hydrogens (tertiary/aromatic N) is 1. The molecule has 0 N–H and O–H groups in total. The summed E-state index contributed by atoms with van der Waals surface area (Å²) in [6.07, 6.45) is 1.33. The van der Waals surface area contributed by atoms with E-state index in [1.54, 1.807) is 0 Å². The van der Waals surface area contributed by atoms with Crippen molar-refractivity contribution in [3.8, 4) is 0 Å². The number of hydrogen-bond acceptors (Lipinski definition) is 1. The molecule has 12 heavy (non-hydrogen) atoms. The van der Waals surface area contributed by atoms with E-state index in [-0.39, 0.29) is 6.67 Å². The summed E-state index contributed by atoms with van der Waals surface area (Å²) in [6.45, 7) is 3.74. The van der Waals surface area contributed by atoms with Gasteiger partial charge in [0.25, 0.3) is 0 Å². The predicted molar refractivity (Wildman–Crippen MR) is 48.0 cm³/mol. The molecule has 0 aliphatic carbocycles. The molecule has 0 unspecified atom stereocenters. The first-order valence-corrected chi connectivity index (χ1v) is 4.22. The van der Waals surface area contributed by atoms with Gasteiger partial charge in [0.15, 0.2) is 0 Å². The van der Waals surface area contributed by atoms with Gasteiger partial charge in [-0.25, -0.2) is 0 Å². The highest BCUT2D eigenvalue weighted by Crippen LogP contribution is 2.06. The molecule has 0 spiro atoms. The van der Waals surface area contributed by atoms with Crippen LogP contribution in [-0.4, -0.2) is 11.7 Å². The normalized spacial score (nSPS) is 10.2. The second-order valence-corrected chi connectivity index (χ2v) is 3.07. The van der Waals surface area contributed by atoms with Gasteiger partial charge in [0.2, 0.25) is 0 Å². The van der Waals surface area contributed by atoms with Crippen LogP contribution in [0.15, 0.2) is 12.1 Å². The number of pyridine rings is 1. The zero-order valence-corrected chi connectivity index (χ0v) is 7.60. The lowest BCUT2D eigenvalue weighted by Crippen LogP contribution is -1.94. The third kappa shape index (κ3) is 2.61. The zero-order valence-electron chi connectivity index (χ0n) is 7.60. The van der Waals surface area contributed by atoms with Gasteiger partial charge in [-0.3, -0.25) is 9.37 Å². The van der Waals surface area contributed by atoms with E-state index in [4.69, 9.17) is 0 Å². The summed E-state index contributed by atoms with van der Waals surface area (Å²) in [5, 5.41) is 0. The summed E-state index contributed by atoms with van der Waals surface area (Å²) in [6, 6.07) is 4.04. The molecule has 1 aromatic rings. The molecular formula is C10H14FN. The molecule has 0 amide bonds. The second kappa shape index (κ2) is 4.19. The predicted octanol–water partition coefficient (Wildman–Crippen LogP) is 2.60. The number of aromatic nitrogens is 1. The molecule has 1 heterocycles. The average molecular weight is 167 g/mol. The fourth-order valence-electron chi connectivity index (χ4n) is 1.30. The van der Waals surface area contributed by atoms with Crippen molar-refractivity contribution < 1.29 is 4.39 Å². The van der Waals surface area contributed by atoms with Gasteiger partial charge in [0.05, 0.1) is 6.67 Å². The molecule has 1 rings (SSSR count). The van der Waals surface area contributed by atoms with Gasteiger partial charge in [-0.05, 0) is 44.4 Å². The van der Waals surface area contributed by atoms with Crippen LogP contribution in [0.25, 0.3) is 0 Å². The fourth-order valence-corrected chi connectivity index (χ4v) is 1.30. The molecule has 1 nitrogen and oxygen atoms in total. The first-order valence-electron chi connectivity index (χ1n) is 4.22. The van der Waals surface area contributed by atoms with Crippen LogP contribution >= 0.6 is 0 Å². The number of aryl methyl sites for hydroxylation is 3. The Morgan fingerprint density at radius 2 is 2.08 bits per heavy atom. The SMILES string of the molecule is Cc1cc(C)nc(CCCF)c1. The maximum Gasteiger partial charge on any atom is 0.0898 e. The highest BCUT2D eigenvalue weighted by Gasteiger charge is 1.96. The van der Waals surface area contributed by atoms with E-state index in [2.05, 4.69) is 4.98 Å². The van der Waals surface area contributed by atoms with Gasteiger partial charge in [0, 0.05) is 11.4 Å². The zero-order chi connectivity index (χ0) is 8.97. The van der Waals surface area contributed by atoms with Crippen LogP contribution in [-0.2, 0) is 6.42 Å². The maximum absolute atomic E-state index is 11.9. The number of halogens is 1. The highest BCUT2D eigenvalue weighted by molar-refractivity contribution is 5.19. The minimum absolute atomic E-state index is 0.255. The highest BCUT2D eigenvalue weighted by atomic mass is 19.1. The maximum atomic E-state index is 11.9. The van der Waals surface area contributed by atoms with Crippen LogP contribution in [0.1, 0.15) is 23.4 Å². The quantitative estimate of drug-likeness (QED) is 0.674. The van der Waals surface area contributed by atoms with Crippen LogP contribution in [0.5, 0.6) is 0 Å². The molecule has 0 aromatic carbocycles. The Morgan fingerprint density at radius 1 is 1.33 bits per heavy atom. The van der Waals surface area contributed by atoms with E-state index in [1.165, 1.54) is 5.56 Å². The van der Waals surface area contributed by atoms with Crippen molar-refractivity contribution in [2.24, 2.45) is 0 Å². The Balaban J connectivity index is 2.72. The average Bonchev–Trinajstić information content (AvgIpc) is 1.99. The van der Waals surface area contributed by atoms with E-state index >= 15 is 0 Å². The molecular weight excluding hydrogens is 153 g/mol. The van der Waals surface area contributed by atoms with Crippen LogP contribution in [0.4, 0.5) is 4.39 Å². The largest absolute Gasteiger partial charge is 0.258 e. The Kier molecular flexibility index (Phi) is 3.20. The van der Waals surface area contributed by atoms with Gasteiger partial charge in [-0.15, -0.1) is 0 Å². The van der Waals surface area contributed by atoms with Crippen molar-refractivity contribution >= 4 is 0 Å². The molecule has 66 valence electrons. The summed E-state index contributed by atoms with van der Waals surface area (Å²) < 4.78 is 11.9. The van der Waals surface area contributed by atoms with Crippen molar-refractivity contribution in [2.45, 2.75) is 26.7 Å². The molecule has 0 bridgehead atoms. The van der Waals surface area contributed by atoms with Crippen molar-refractivity contribution in [3.63, 3.8) is 0 Å². The lowest BCUT2D eigenvalue weighted by molar-refractivity contribution is 0.471. The second-order valence-electron chi connectivity index (χ2n) is 3.07.